The van der Waals surface area contributed by atoms with E-state index in [1.54, 1.807) is 0 Å². The van der Waals surface area contributed by atoms with Crippen LogP contribution in [0.5, 0.6) is 0 Å². The van der Waals surface area contributed by atoms with Crippen LogP contribution in [-0.2, 0) is 0 Å². The molecule has 2 heteroatoms. The Balaban J connectivity index is 1.03. The molecule has 2 heterocycles. The van der Waals surface area contributed by atoms with Crippen LogP contribution in [0, 0.1) is 0 Å². The molecule has 0 amide bonds. The van der Waals surface area contributed by atoms with Crippen molar-refractivity contribution in [3.63, 3.8) is 0 Å². The van der Waals surface area contributed by atoms with Gasteiger partial charge in [-0.25, -0.2) is 0 Å². The first-order chi connectivity index (χ1) is 34.8. The Hall–Kier alpha value is -9.24. The van der Waals surface area contributed by atoms with Crippen LogP contribution in [0.4, 0.5) is 0 Å². The van der Waals surface area contributed by atoms with Gasteiger partial charge in [0.1, 0.15) is 0 Å². The van der Waals surface area contributed by atoms with Gasteiger partial charge in [0.05, 0.1) is 22.1 Å². The van der Waals surface area contributed by atoms with Gasteiger partial charge >= 0.3 is 0 Å². The van der Waals surface area contributed by atoms with Crippen molar-refractivity contribution in [2.24, 2.45) is 0 Å². The van der Waals surface area contributed by atoms with E-state index in [4.69, 9.17) is 0 Å². The summed E-state index contributed by atoms with van der Waals surface area (Å²) < 4.78 is 4.82. The number of para-hydroxylation sites is 4. The third kappa shape index (κ3) is 6.13. The predicted molar refractivity (Wildman–Crippen MR) is 297 cm³/mol. The quantitative estimate of drug-likeness (QED) is 0.141. The third-order valence-electron chi connectivity index (χ3n) is 14.5. The Labute approximate surface area is 406 Å². The van der Waals surface area contributed by atoms with Crippen LogP contribution in [0.25, 0.3) is 132 Å². The summed E-state index contributed by atoms with van der Waals surface area (Å²) in [4.78, 5) is 0. The van der Waals surface area contributed by atoms with Crippen LogP contribution in [0.1, 0.15) is 0 Å². The van der Waals surface area contributed by atoms with Crippen molar-refractivity contribution in [2.75, 3.05) is 0 Å². The predicted octanol–water partition coefficient (Wildman–Crippen LogP) is 18.5. The maximum Gasteiger partial charge on any atom is 0.0547 e. The molecule has 12 aromatic carbocycles. The van der Waals surface area contributed by atoms with E-state index in [1.165, 1.54) is 121 Å². The fourth-order valence-corrected chi connectivity index (χ4v) is 11.7. The first-order valence-corrected chi connectivity index (χ1v) is 24.2. The highest BCUT2D eigenvalue weighted by Gasteiger charge is 2.23. The molecule has 0 radical (unpaired) electrons. The van der Waals surface area contributed by atoms with Crippen molar-refractivity contribution in [1.29, 1.82) is 0 Å². The topological polar surface area (TPSA) is 9.86 Å². The lowest BCUT2D eigenvalue weighted by Crippen LogP contribution is -1.94. The number of rotatable bonds is 7. The van der Waals surface area contributed by atoms with Crippen LogP contribution < -0.4 is 0 Å². The van der Waals surface area contributed by atoms with Crippen molar-refractivity contribution in [2.45, 2.75) is 0 Å². The van der Waals surface area contributed by atoms with E-state index < -0.39 is 0 Å². The number of aromatic nitrogens is 2. The summed E-state index contributed by atoms with van der Waals surface area (Å²) in [5, 5.41) is 9.90. The molecular formula is C68H44N2. The van der Waals surface area contributed by atoms with Gasteiger partial charge in [0.2, 0.25) is 0 Å². The lowest BCUT2D eigenvalue weighted by molar-refractivity contribution is 1.18. The van der Waals surface area contributed by atoms with Gasteiger partial charge < -0.3 is 9.13 Å². The SMILES string of the molecule is c1ccc(-c2c3cccc(-c4ccccc4-c4cccc5c4c4ccccc4n5-c4ccccc4)c3cc3c(-c4ccccc4-c4cccc5c4c4ccccc4n5-c4ccccc4)cccc23)cc1. The van der Waals surface area contributed by atoms with Gasteiger partial charge in [-0.3, -0.25) is 0 Å². The minimum Gasteiger partial charge on any atom is -0.309 e. The van der Waals surface area contributed by atoms with E-state index in [2.05, 4.69) is 276 Å². The maximum atomic E-state index is 2.49. The highest BCUT2D eigenvalue weighted by atomic mass is 15.0. The Morgan fingerprint density at radius 3 is 0.971 bits per heavy atom. The van der Waals surface area contributed by atoms with Crippen LogP contribution >= 0.6 is 0 Å². The highest BCUT2D eigenvalue weighted by molar-refractivity contribution is 6.22. The molecule has 0 saturated carbocycles. The molecule has 0 aliphatic carbocycles. The Morgan fingerprint density at radius 1 is 0.200 bits per heavy atom. The van der Waals surface area contributed by atoms with Crippen molar-refractivity contribution >= 4 is 65.2 Å². The average molecular weight is 889 g/mol. The summed E-state index contributed by atoms with van der Waals surface area (Å²) >= 11 is 0. The van der Waals surface area contributed by atoms with E-state index in [-0.39, 0.29) is 0 Å². The molecule has 14 rings (SSSR count). The second-order valence-corrected chi connectivity index (χ2v) is 18.3. The molecule has 70 heavy (non-hydrogen) atoms. The zero-order chi connectivity index (χ0) is 46.1. The largest absolute Gasteiger partial charge is 0.309 e. The van der Waals surface area contributed by atoms with Crippen LogP contribution in [0.15, 0.2) is 267 Å². The number of fused-ring (bicyclic) bond motifs is 8. The normalized spacial score (nSPS) is 11.7. The lowest BCUT2D eigenvalue weighted by atomic mass is 9.83. The number of nitrogens with zero attached hydrogens (tertiary/aromatic N) is 2. The van der Waals surface area contributed by atoms with Gasteiger partial charge in [0.25, 0.3) is 0 Å². The van der Waals surface area contributed by atoms with Crippen LogP contribution in [0.2, 0.25) is 0 Å². The minimum absolute atomic E-state index is 1.15. The van der Waals surface area contributed by atoms with Crippen molar-refractivity contribution in [1.82, 2.24) is 9.13 Å². The molecule has 0 spiro atoms. The summed E-state index contributed by atoms with van der Waals surface area (Å²) in [5.74, 6) is 0. The molecule has 0 aliphatic heterocycles. The van der Waals surface area contributed by atoms with Crippen LogP contribution in [-0.4, -0.2) is 9.13 Å². The fraction of sp³-hybridized carbons (Fsp3) is 0. The second-order valence-electron chi connectivity index (χ2n) is 18.3. The molecule has 326 valence electrons. The second kappa shape index (κ2) is 16.2. The van der Waals surface area contributed by atoms with E-state index >= 15 is 0 Å². The molecule has 2 nitrogen and oxygen atoms in total. The first kappa shape index (κ1) is 39.9. The molecule has 0 atom stereocenters. The van der Waals surface area contributed by atoms with E-state index in [1.807, 2.05) is 0 Å². The third-order valence-corrected chi connectivity index (χ3v) is 14.5. The summed E-state index contributed by atoms with van der Waals surface area (Å²) in [5.41, 5.74) is 19.2. The van der Waals surface area contributed by atoms with E-state index in [0.29, 0.717) is 0 Å². The Bertz CT molecular complexity index is 4070. The molecule has 0 N–H and O–H groups in total. The van der Waals surface area contributed by atoms with Gasteiger partial charge in [-0.2, -0.15) is 0 Å². The zero-order valence-corrected chi connectivity index (χ0v) is 38.3. The molecule has 2 aromatic heterocycles. The van der Waals surface area contributed by atoms with Gasteiger partial charge in [-0.15, -0.1) is 0 Å². The number of hydrogen-bond donors (Lipinski definition) is 0. The molecular weight excluding hydrogens is 845 g/mol. The monoisotopic (exact) mass is 888 g/mol. The molecule has 0 bridgehead atoms. The molecule has 0 aliphatic rings. The highest BCUT2D eigenvalue weighted by Crippen LogP contribution is 2.48. The molecule has 14 aromatic rings. The van der Waals surface area contributed by atoms with E-state index in [0.717, 1.165) is 11.4 Å². The van der Waals surface area contributed by atoms with Crippen molar-refractivity contribution in [3.05, 3.63) is 267 Å². The Morgan fingerprint density at radius 2 is 0.514 bits per heavy atom. The smallest absolute Gasteiger partial charge is 0.0547 e. The number of benzene rings is 12. The van der Waals surface area contributed by atoms with E-state index in [9.17, 15) is 0 Å². The summed E-state index contributed by atoms with van der Waals surface area (Å²) in [6.45, 7) is 0. The van der Waals surface area contributed by atoms with Crippen molar-refractivity contribution in [3.8, 4) is 67.0 Å². The Kier molecular flexibility index (Phi) is 9.25. The summed E-state index contributed by atoms with van der Waals surface area (Å²) in [6, 6.07) is 98.1. The first-order valence-electron chi connectivity index (χ1n) is 24.2. The van der Waals surface area contributed by atoms with Gasteiger partial charge in [-0.05, 0) is 132 Å². The minimum atomic E-state index is 1.15. The number of hydrogen-bond acceptors (Lipinski definition) is 0. The average Bonchev–Trinajstić information content (AvgIpc) is 3.96. The molecule has 0 fully saturated rings. The molecule has 0 saturated heterocycles. The summed E-state index contributed by atoms with van der Waals surface area (Å²) in [6.07, 6.45) is 0. The molecule has 0 unspecified atom stereocenters. The van der Waals surface area contributed by atoms with Crippen molar-refractivity contribution < 1.29 is 0 Å². The van der Waals surface area contributed by atoms with Gasteiger partial charge in [-0.1, -0.05) is 212 Å². The fourth-order valence-electron chi connectivity index (χ4n) is 11.7. The zero-order valence-electron chi connectivity index (χ0n) is 38.3. The standard InChI is InChI=1S/C68H44N2/c1-4-22-45(23-5-1)66-56-36-18-34-52(48-28-10-12-30-50(48)54-38-20-42-64-67(54)58-32-14-16-40-62(58)69(64)46-24-6-2-7-25-46)60(56)44-61-53(35-19-37-57(61)66)49-29-11-13-31-51(49)55-39-21-43-65-68(55)59-33-15-17-41-63(59)70(65)47-26-8-3-9-27-47/h1-44H. The van der Waals surface area contributed by atoms with Gasteiger partial charge in [0.15, 0.2) is 0 Å². The maximum absolute atomic E-state index is 2.49. The van der Waals surface area contributed by atoms with Crippen LogP contribution in [0.3, 0.4) is 0 Å². The summed E-state index contributed by atoms with van der Waals surface area (Å²) in [7, 11) is 0. The lowest BCUT2D eigenvalue weighted by Gasteiger charge is -2.20. The van der Waals surface area contributed by atoms with Gasteiger partial charge in [0, 0.05) is 32.9 Å².